The Bertz CT molecular complexity index is 628. The first kappa shape index (κ1) is 11.6. The normalized spacial score (nSPS) is 30.1. The van der Waals surface area contributed by atoms with Gasteiger partial charge in [0.25, 0.3) is 0 Å². The van der Waals surface area contributed by atoms with Gasteiger partial charge in [0.2, 0.25) is 5.95 Å². The number of rotatable bonds is 1. The van der Waals surface area contributed by atoms with E-state index in [0.717, 1.165) is 23.5 Å². The fraction of sp³-hybridized carbons (Fsp3) is 0.500. The average molecular weight is 277 g/mol. The first-order chi connectivity index (χ1) is 9.24. The number of para-hydroxylation sites is 1. The number of nitrogen functional groups attached to an aromatic ring is 1. The van der Waals surface area contributed by atoms with Crippen molar-refractivity contribution >= 4 is 28.6 Å². The Hall–Kier alpha value is -1.26. The van der Waals surface area contributed by atoms with Crippen LogP contribution in [-0.2, 0) is 0 Å². The minimum absolute atomic E-state index is 0.450. The van der Waals surface area contributed by atoms with E-state index in [-0.39, 0.29) is 0 Å². The number of anilines is 1. The summed E-state index contributed by atoms with van der Waals surface area (Å²) in [5, 5.41) is 0.684. The molecule has 2 aromatic rings. The van der Waals surface area contributed by atoms with Gasteiger partial charge in [0.1, 0.15) is 5.52 Å². The number of nitrogens with zero attached hydrogens (tertiary/aromatic N) is 3. The number of nitrogens with two attached hydrogens (primary N) is 1. The van der Waals surface area contributed by atoms with Gasteiger partial charge in [-0.25, -0.2) is 4.98 Å². The molecule has 3 saturated heterocycles. The molecule has 1 unspecified atom stereocenters. The molecule has 100 valence electrons. The van der Waals surface area contributed by atoms with Gasteiger partial charge in [-0.15, -0.1) is 0 Å². The highest BCUT2D eigenvalue weighted by atomic mass is 35.5. The van der Waals surface area contributed by atoms with Gasteiger partial charge >= 0.3 is 0 Å². The molecule has 5 heteroatoms. The van der Waals surface area contributed by atoms with Crippen LogP contribution in [0.4, 0.5) is 5.95 Å². The lowest BCUT2D eigenvalue weighted by Gasteiger charge is -2.45. The van der Waals surface area contributed by atoms with Crippen molar-refractivity contribution in [2.24, 2.45) is 5.92 Å². The lowest BCUT2D eigenvalue weighted by Crippen LogP contribution is -2.48. The molecule has 3 fully saturated rings. The van der Waals surface area contributed by atoms with E-state index in [1.807, 2.05) is 12.1 Å². The van der Waals surface area contributed by atoms with Crippen LogP contribution < -0.4 is 5.73 Å². The summed E-state index contributed by atoms with van der Waals surface area (Å²) in [4.78, 5) is 6.99. The van der Waals surface area contributed by atoms with E-state index in [9.17, 15) is 0 Å². The molecular weight excluding hydrogens is 260 g/mol. The van der Waals surface area contributed by atoms with E-state index in [1.165, 1.54) is 25.9 Å². The summed E-state index contributed by atoms with van der Waals surface area (Å²) >= 11 is 6.22. The Morgan fingerprint density at radius 3 is 2.74 bits per heavy atom. The number of aromatic nitrogens is 2. The van der Waals surface area contributed by atoms with Crippen molar-refractivity contribution in [2.45, 2.75) is 18.9 Å². The fourth-order valence-corrected chi connectivity index (χ4v) is 3.89. The van der Waals surface area contributed by atoms with Crippen LogP contribution in [0, 0.1) is 5.92 Å². The van der Waals surface area contributed by atoms with Crippen molar-refractivity contribution < 1.29 is 0 Å². The van der Waals surface area contributed by atoms with Gasteiger partial charge in [-0.05, 0) is 44.0 Å². The first-order valence-corrected chi connectivity index (χ1v) is 7.26. The molecule has 0 aliphatic carbocycles. The topological polar surface area (TPSA) is 47.1 Å². The smallest absolute Gasteiger partial charge is 0.201 e. The van der Waals surface area contributed by atoms with Crippen molar-refractivity contribution in [3.05, 3.63) is 23.2 Å². The zero-order valence-corrected chi connectivity index (χ0v) is 11.5. The third kappa shape index (κ3) is 1.66. The lowest BCUT2D eigenvalue weighted by molar-refractivity contribution is 0.0598. The predicted octanol–water partition coefficient (Wildman–Crippen LogP) is 2.54. The van der Waals surface area contributed by atoms with E-state index in [0.29, 0.717) is 17.0 Å². The van der Waals surface area contributed by atoms with Crippen molar-refractivity contribution in [3.8, 4) is 0 Å². The molecular formula is C14H17ClN4. The summed E-state index contributed by atoms with van der Waals surface area (Å²) in [6.07, 6.45) is 2.54. The number of imidazole rings is 1. The molecule has 0 saturated carbocycles. The number of hydrogen-bond donors (Lipinski definition) is 1. The molecule has 0 radical (unpaired) electrons. The number of hydrogen-bond acceptors (Lipinski definition) is 3. The average Bonchev–Trinajstić information content (AvgIpc) is 2.78. The summed E-state index contributed by atoms with van der Waals surface area (Å²) in [7, 11) is 0. The molecule has 2 bridgehead atoms. The SMILES string of the molecule is Nc1nc2c(Cl)cccc2n1C1CN2CCC1CC2. The maximum absolute atomic E-state index is 6.22. The number of fused-ring (bicyclic) bond motifs is 4. The first-order valence-electron chi connectivity index (χ1n) is 6.88. The maximum Gasteiger partial charge on any atom is 0.201 e. The van der Waals surface area contributed by atoms with E-state index in [2.05, 4.69) is 20.5 Å². The van der Waals surface area contributed by atoms with Crippen LogP contribution in [0.2, 0.25) is 5.02 Å². The lowest BCUT2D eigenvalue weighted by atomic mass is 9.84. The monoisotopic (exact) mass is 276 g/mol. The third-order valence-corrected chi connectivity index (χ3v) is 4.96. The molecule has 3 aliphatic rings. The summed E-state index contributed by atoms with van der Waals surface area (Å²) in [6, 6.07) is 6.37. The van der Waals surface area contributed by atoms with E-state index < -0.39 is 0 Å². The molecule has 1 atom stereocenters. The third-order valence-electron chi connectivity index (χ3n) is 4.65. The summed E-state index contributed by atoms with van der Waals surface area (Å²) in [5.41, 5.74) is 8.06. The van der Waals surface area contributed by atoms with Gasteiger partial charge in [-0.1, -0.05) is 17.7 Å². The molecule has 2 N–H and O–H groups in total. The Balaban J connectivity index is 1.87. The van der Waals surface area contributed by atoms with Gasteiger partial charge in [-0.2, -0.15) is 0 Å². The summed E-state index contributed by atoms with van der Waals surface area (Å²) < 4.78 is 2.21. The number of halogens is 1. The number of benzene rings is 1. The van der Waals surface area contributed by atoms with Crippen LogP contribution in [0.5, 0.6) is 0 Å². The van der Waals surface area contributed by atoms with Gasteiger partial charge < -0.3 is 15.2 Å². The highest BCUT2D eigenvalue weighted by Gasteiger charge is 2.36. The molecule has 4 nitrogen and oxygen atoms in total. The quantitative estimate of drug-likeness (QED) is 0.871. The number of piperidine rings is 3. The van der Waals surface area contributed by atoms with Gasteiger partial charge in [0.15, 0.2) is 0 Å². The van der Waals surface area contributed by atoms with Gasteiger partial charge in [0, 0.05) is 6.54 Å². The van der Waals surface area contributed by atoms with Crippen LogP contribution in [0.25, 0.3) is 11.0 Å². The zero-order chi connectivity index (χ0) is 13.0. The fourth-order valence-electron chi connectivity index (χ4n) is 3.68. The minimum atomic E-state index is 0.450. The Morgan fingerprint density at radius 2 is 2.05 bits per heavy atom. The second-order valence-corrected chi connectivity index (χ2v) is 6.06. The van der Waals surface area contributed by atoms with Crippen molar-refractivity contribution in [3.63, 3.8) is 0 Å². The maximum atomic E-state index is 6.22. The standard InChI is InChI=1S/C14H17ClN4/c15-10-2-1-3-11-13(10)17-14(16)19(11)12-8-18-6-4-9(12)5-7-18/h1-3,9,12H,4-8H2,(H2,16,17). The Morgan fingerprint density at radius 1 is 1.26 bits per heavy atom. The van der Waals surface area contributed by atoms with Crippen LogP contribution >= 0.6 is 11.6 Å². The molecule has 3 aliphatic heterocycles. The van der Waals surface area contributed by atoms with Crippen molar-refractivity contribution in [1.29, 1.82) is 0 Å². The minimum Gasteiger partial charge on any atom is -0.369 e. The molecule has 19 heavy (non-hydrogen) atoms. The predicted molar refractivity (Wildman–Crippen MR) is 77.4 cm³/mol. The van der Waals surface area contributed by atoms with E-state index >= 15 is 0 Å². The highest BCUT2D eigenvalue weighted by Crippen LogP contribution is 2.39. The van der Waals surface area contributed by atoms with E-state index in [1.54, 1.807) is 0 Å². The highest BCUT2D eigenvalue weighted by molar-refractivity contribution is 6.35. The molecule has 0 amide bonds. The molecule has 1 aromatic heterocycles. The Labute approximate surface area is 117 Å². The van der Waals surface area contributed by atoms with Crippen LogP contribution in [-0.4, -0.2) is 34.1 Å². The van der Waals surface area contributed by atoms with E-state index in [4.69, 9.17) is 17.3 Å². The van der Waals surface area contributed by atoms with Crippen LogP contribution in [0.1, 0.15) is 18.9 Å². The van der Waals surface area contributed by atoms with Crippen molar-refractivity contribution in [2.75, 3.05) is 25.4 Å². The molecule has 0 spiro atoms. The van der Waals surface area contributed by atoms with Gasteiger partial charge in [-0.3, -0.25) is 0 Å². The largest absolute Gasteiger partial charge is 0.369 e. The van der Waals surface area contributed by atoms with Gasteiger partial charge in [0.05, 0.1) is 16.6 Å². The molecule has 4 heterocycles. The van der Waals surface area contributed by atoms with Crippen LogP contribution in [0.15, 0.2) is 18.2 Å². The van der Waals surface area contributed by atoms with Crippen molar-refractivity contribution in [1.82, 2.24) is 14.5 Å². The zero-order valence-electron chi connectivity index (χ0n) is 10.7. The summed E-state index contributed by atoms with van der Waals surface area (Å²) in [5.74, 6) is 1.32. The molecule has 5 rings (SSSR count). The Kier molecular flexibility index (Phi) is 2.50. The second-order valence-electron chi connectivity index (χ2n) is 5.65. The second kappa shape index (κ2) is 4.12. The summed E-state index contributed by atoms with van der Waals surface area (Å²) in [6.45, 7) is 3.55. The molecule has 1 aromatic carbocycles. The van der Waals surface area contributed by atoms with Crippen LogP contribution in [0.3, 0.4) is 0 Å².